The lowest BCUT2D eigenvalue weighted by molar-refractivity contribution is 0.274. The first kappa shape index (κ1) is 11.1. The van der Waals surface area contributed by atoms with E-state index >= 15 is 0 Å². The second-order valence-electron chi connectivity index (χ2n) is 4.46. The van der Waals surface area contributed by atoms with Gasteiger partial charge in [-0.3, -0.25) is 4.98 Å². The van der Waals surface area contributed by atoms with Gasteiger partial charge in [-0.15, -0.1) is 0 Å². The zero-order valence-corrected chi connectivity index (χ0v) is 10.7. The third-order valence-corrected chi connectivity index (χ3v) is 3.33. The summed E-state index contributed by atoms with van der Waals surface area (Å²) in [5.74, 6) is 1.37. The monoisotopic (exact) mass is 245 g/mol. The smallest absolute Gasteiger partial charge is 0.213 e. The van der Waals surface area contributed by atoms with Crippen molar-refractivity contribution in [2.75, 3.05) is 25.7 Å². The van der Waals surface area contributed by atoms with Gasteiger partial charge < -0.3 is 14.4 Å². The molecule has 0 aliphatic carbocycles. The Morgan fingerprint density at radius 1 is 1.44 bits per heavy atom. The third kappa shape index (κ3) is 1.54. The fourth-order valence-corrected chi connectivity index (χ4v) is 2.12. The van der Waals surface area contributed by atoms with Crippen LogP contribution in [0.15, 0.2) is 18.3 Å². The molecule has 1 unspecified atom stereocenters. The van der Waals surface area contributed by atoms with Gasteiger partial charge in [-0.25, -0.2) is 4.98 Å². The predicted molar refractivity (Wildman–Crippen MR) is 69.5 cm³/mol. The quantitative estimate of drug-likeness (QED) is 0.767. The van der Waals surface area contributed by atoms with Crippen LogP contribution in [-0.4, -0.2) is 36.8 Å². The molecule has 5 nitrogen and oxygen atoms in total. The van der Waals surface area contributed by atoms with Crippen LogP contribution in [0.25, 0.3) is 11.0 Å². The molecule has 94 valence electrons. The number of nitrogens with zero attached hydrogens (tertiary/aromatic N) is 3. The fraction of sp³-hybridized carbons (Fsp3) is 0.385. The summed E-state index contributed by atoms with van der Waals surface area (Å²) in [4.78, 5) is 11.0. The predicted octanol–water partition coefficient (Wildman–Crippen LogP) is 1.86. The SMILES string of the molecule is COc1ccc2ncc3c(c2n1)N(C)C(C)CO3. The Balaban J connectivity index is 2.28. The Hall–Kier alpha value is -2.04. The topological polar surface area (TPSA) is 47.5 Å². The van der Waals surface area contributed by atoms with Crippen molar-refractivity contribution in [2.45, 2.75) is 13.0 Å². The van der Waals surface area contributed by atoms with Gasteiger partial charge in [-0.2, -0.15) is 0 Å². The normalized spacial score (nSPS) is 18.4. The molecule has 5 heteroatoms. The van der Waals surface area contributed by atoms with Crippen LogP contribution in [0.4, 0.5) is 5.69 Å². The van der Waals surface area contributed by atoms with Gasteiger partial charge in [-0.05, 0) is 13.0 Å². The molecule has 0 saturated heterocycles. The van der Waals surface area contributed by atoms with Gasteiger partial charge in [0.1, 0.15) is 17.8 Å². The first-order chi connectivity index (χ1) is 8.70. The zero-order chi connectivity index (χ0) is 12.7. The number of anilines is 1. The van der Waals surface area contributed by atoms with E-state index < -0.39 is 0 Å². The van der Waals surface area contributed by atoms with Crippen LogP contribution in [0.3, 0.4) is 0 Å². The van der Waals surface area contributed by atoms with Gasteiger partial charge in [-0.1, -0.05) is 0 Å². The highest BCUT2D eigenvalue weighted by atomic mass is 16.5. The van der Waals surface area contributed by atoms with Crippen molar-refractivity contribution in [3.63, 3.8) is 0 Å². The maximum Gasteiger partial charge on any atom is 0.213 e. The summed E-state index contributed by atoms with van der Waals surface area (Å²) in [6.07, 6.45) is 1.76. The van der Waals surface area contributed by atoms with Gasteiger partial charge >= 0.3 is 0 Å². The van der Waals surface area contributed by atoms with E-state index in [1.54, 1.807) is 13.3 Å². The number of pyridine rings is 2. The summed E-state index contributed by atoms with van der Waals surface area (Å²) in [7, 11) is 3.66. The van der Waals surface area contributed by atoms with Crippen LogP contribution in [0.2, 0.25) is 0 Å². The largest absolute Gasteiger partial charge is 0.488 e. The van der Waals surface area contributed by atoms with Crippen LogP contribution in [0.5, 0.6) is 11.6 Å². The van der Waals surface area contributed by atoms with Crippen LogP contribution in [0, 0.1) is 0 Å². The minimum Gasteiger partial charge on any atom is -0.488 e. The summed E-state index contributed by atoms with van der Waals surface area (Å²) in [6.45, 7) is 2.79. The molecule has 3 rings (SSSR count). The lowest BCUT2D eigenvalue weighted by Gasteiger charge is -2.33. The average Bonchev–Trinajstić information content (AvgIpc) is 2.41. The third-order valence-electron chi connectivity index (χ3n) is 3.33. The molecule has 0 radical (unpaired) electrons. The molecule has 18 heavy (non-hydrogen) atoms. The minimum atomic E-state index is 0.316. The molecule has 1 atom stereocenters. The van der Waals surface area contributed by atoms with Crippen molar-refractivity contribution < 1.29 is 9.47 Å². The van der Waals surface area contributed by atoms with Crippen molar-refractivity contribution >= 4 is 16.7 Å². The highest BCUT2D eigenvalue weighted by molar-refractivity contribution is 5.92. The number of methoxy groups -OCH3 is 1. The van der Waals surface area contributed by atoms with Gasteiger partial charge in [0, 0.05) is 13.1 Å². The Labute approximate surface area is 105 Å². The summed E-state index contributed by atoms with van der Waals surface area (Å²) >= 11 is 0. The lowest BCUT2D eigenvalue weighted by Crippen LogP contribution is -2.38. The van der Waals surface area contributed by atoms with Crippen LogP contribution in [-0.2, 0) is 0 Å². The van der Waals surface area contributed by atoms with Crippen molar-refractivity contribution in [3.05, 3.63) is 18.3 Å². The molecular weight excluding hydrogens is 230 g/mol. The number of hydrogen-bond acceptors (Lipinski definition) is 5. The van der Waals surface area contributed by atoms with E-state index in [1.807, 2.05) is 19.2 Å². The standard InChI is InChI=1S/C13H15N3O2/c1-8-7-18-10-6-14-9-4-5-11(17-3)15-12(9)13(10)16(8)2/h4-6,8H,7H2,1-3H3. The Morgan fingerprint density at radius 2 is 2.28 bits per heavy atom. The zero-order valence-electron chi connectivity index (χ0n) is 10.7. The molecule has 3 heterocycles. The number of fused-ring (bicyclic) bond motifs is 3. The number of aromatic nitrogens is 2. The average molecular weight is 245 g/mol. The number of ether oxygens (including phenoxy) is 2. The molecular formula is C13H15N3O2. The lowest BCUT2D eigenvalue weighted by atomic mass is 10.2. The molecule has 0 aromatic carbocycles. The molecule has 2 aromatic heterocycles. The van der Waals surface area contributed by atoms with E-state index in [9.17, 15) is 0 Å². The maximum atomic E-state index is 5.70. The molecule has 0 N–H and O–H groups in total. The second-order valence-corrected chi connectivity index (χ2v) is 4.46. The van der Waals surface area contributed by atoms with Crippen LogP contribution >= 0.6 is 0 Å². The summed E-state index contributed by atoms with van der Waals surface area (Å²) in [6, 6.07) is 4.04. The first-order valence-electron chi connectivity index (χ1n) is 5.90. The van der Waals surface area contributed by atoms with E-state index in [0.717, 1.165) is 22.5 Å². The van der Waals surface area contributed by atoms with Crippen molar-refractivity contribution in [2.24, 2.45) is 0 Å². The maximum absolute atomic E-state index is 5.70. The Morgan fingerprint density at radius 3 is 3.06 bits per heavy atom. The molecule has 2 aromatic rings. The molecule has 0 fully saturated rings. The van der Waals surface area contributed by atoms with E-state index in [1.165, 1.54) is 0 Å². The Bertz CT molecular complexity index is 595. The van der Waals surface area contributed by atoms with Crippen molar-refractivity contribution in [1.29, 1.82) is 0 Å². The molecule has 0 amide bonds. The van der Waals surface area contributed by atoms with E-state index in [2.05, 4.69) is 21.8 Å². The van der Waals surface area contributed by atoms with Crippen LogP contribution in [0.1, 0.15) is 6.92 Å². The highest BCUT2D eigenvalue weighted by Gasteiger charge is 2.24. The Kier molecular flexibility index (Phi) is 2.47. The number of likely N-dealkylation sites (N-methyl/N-ethyl adjacent to an activating group) is 1. The van der Waals surface area contributed by atoms with E-state index in [-0.39, 0.29) is 0 Å². The molecule has 0 bridgehead atoms. The van der Waals surface area contributed by atoms with E-state index in [0.29, 0.717) is 18.5 Å². The van der Waals surface area contributed by atoms with Gasteiger partial charge in [0.15, 0.2) is 5.75 Å². The molecule has 0 spiro atoms. The van der Waals surface area contributed by atoms with E-state index in [4.69, 9.17) is 9.47 Å². The molecule has 0 saturated carbocycles. The number of rotatable bonds is 1. The first-order valence-corrected chi connectivity index (χ1v) is 5.90. The van der Waals surface area contributed by atoms with Crippen molar-refractivity contribution in [1.82, 2.24) is 9.97 Å². The summed E-state index contributed by atoms with van der Waals surface area (Å²) < 4.78 is 10.9. The highest BCUT2D eigenvalue weighted by Crippen LogP contribution is 2.37. The van der Waals surface area contributed by atoms with Crippen LogP contribution < -0.4 is 14.4 Å². The fourth-order valence-electron chi connectivity index (χ4n) is 2.12. The van der Waals surface area contributed by atoms with Gasteiger partial charge in [0.25, 0.3) is 0 Å². The summed E-state index contributed by atoms with van der Waals surface area (Å²) in [5, 5.41) is 0. The molecule has 1 aliphatic heterocycles. The molecule has 1 aliphatic rings. The minimum absolute atomic E-state index is 0.316. The van der Waals surface area contributed by atoms with Gasteiger partial charge in [0.2, 0.25) is 5.88 Å². The van der Waals surface area contributed by atoms with Crippen molar-refractivity contribution in [3.8, 4) is 11.6 Å². The number of hydrogen-bond donors (Lipinski definition) is 0. The van der Waals surface area contributed by atoms with Gasteiger partial charge in [0.05, 0.1) is 24.9 Å². The second kappa shape index (κ2) is 4.01. The summed E-state index contributed by atoms with van der Waals surface area (Å²) in [5.41, 5.74) is 2.65.